The van der Waals surface area contributed by atoms with Gasteiger partial charge in [0.2, 0.25) is 5.82 Å². The van der Waals surface area contributed by atoms with Crippen LogP contribution in [0.3, 0.4) is 0 Å². The molecule has 0 N–H and O–H groups in total. The minimum atomic E-state index is 0.313. The molecule has 1 heterocycles. The van der Waals surface area contributed by atoms with Crippen LogP contribution in [0.4, 0.5) is 0 Å². The van der Waals surface area contributed by atoms with E-state index in [1.807, 2.05) is 61.5 Å². The molecule has 0 aliphatic rings. The second-order valence-electron chi connectivity index (χ2n) is 5.26. The van der Waals surface area contributed by atoms with Gasteiger partial charge in [-0.1, -0.05) is 47.6 Å². The van der Waals surface area contributed by atoms with Crippen molar-refractivity contribution in [3.05, 3.63) is 66.1 Å². The molecule has 0 saturated carbocycles. The molecule has 0 spiro atoms. The molecule has 0 bridgehead atoms. The van der Waals surface area contributed by atoms with E-state index < -0.39 is 0 Å². The van der Waals surface area contributed by atoms with Crippen molar-refractivity contribution in [1.29, 1.82) is 0 Å². The van der Waals surface area contributed by atoms with E-state index in [2.05, 4.69) is 20.4 Å². The lowest BCUT2D eigenvalue weighted by atomic mass is 10.1. The molecule has 0 atom stereocenters. The molecule has 0 fully saturated rings. The molecule has 0 aliphatic carbocycles. The minimum absolute atomic E-state index is 0.313. The van der Waals surface area contributed by atoms with Crippen LogP contribution in [0.2, 0.25) is 0 Å². The maximum absolute atomic E-state index is 5.45. The molecule has 0 aliphatic heterocycles. The molecule has 6 nitrogen and oxygen atoms in total. The number of nitrogens with zero attached hydrogens (tertiary/aromatic N) is 4. The average Bonchev–Trinajstić information content (AvgIpc) is 3.16. The lowest BCUT2D eigenvalue weighted by Gasteiger charge is -2.04. The summed E-state index contributed by atoms with van der Waals surface area (Å²) in [5, 5.41) is 12.2. The smallest absolute Gasteiger partial charge is 0.279 e. The molecule has 0 radical (unpaired) electrons. The normalized spacial score (nSPS) is 12.3. The van der Waals surface area contributed by atoms with E-state index in [4.69, 9.17) is 9.26 Å². The third-order valence-electron chi connectivity index (χ3n) is 3.74. The number of hydrogen-bond acceptors (Lipinski definition) is 6. The van der Waals surface area contributed by atoms with E-state index >= 15 is 0 Å². The third-order valence-corrected chi connectivity index (χ3v) is 3.74. The van der Waals surface area contributed by atoms with E-state index in [0.29, 0.717) is 23.2 Å². The summed E-state index contributed by atoms with van der Waals surface area (Å²) in [6, 6.07) is 17.4. The van der Waals surface area contributed by atoms with Gasteiger partial charge in [-0.15, -0.1) is 0 Å². The number of aromatic nitrogens is 2. The first-order chi connectivity index (χ1) is 12.2. The second-order valence-corrected chi connectivity index (χ2v) is 5.26. The Kier molecular flexibility index (Phi) is 4.99. The van der Waals surface area contributed by atoms with Crippen molar-refractivity contribution < 1.29 is 9.26 Å². The molecule has 2 aromatic carbocycles. The standard InChI is InChI=1S/C19H18N4O2/c1-13(14-9-5-4-6-10-14)17(22-20-2)19-21-18(23-25-19)15-11-7-8-12-16(15)24-3/h4-12H,1-3H3/b17-13+,22-20-. The van der Waals surface area contributed by atoms with Crippen LogP contribution in [-0.2, 0) is 0 Å². The van der Waals surface area contributed by atoms with Crippen LogP contribution in [0.15, 0.2) is 69.3 Å². The minimum Gasteiger partial charge on any atom is -0.496 e. The van der Waals surface area contributed by atoms with Crippen LogP contribution in [0.25, 0.3) is 22.7 Å². The van der Waals surface area contributed by atoms with Crippen LogP contribution in [-0.4, -0.2) is 24.3 Å². The summed E-state index contributed by atoms with van der Waals surface area (Å²) >= 11 is 0. The number of para-hydroxylation sites is 1. The number of methoxy groups -OCH3 is 1. The Morgan fingerprint density at radius 2 is 1.76 bits per heavy atom. The van der Waals surface area contributed by atoms with Gasteiger partial charge in [0.15, 0.2) is 5.70 Å². The maximum Gasteiger partial charge on any atom is 0.279 e. The SMILES string of the molecule is C/N=N\C(=C(/C)c1ccccc1)c1nc(-c2ccccc2OC)no1. The molecule has 0 saturated heterocycles. The van der Waals surface area contributed by atoms with Crippen molar-refractivity contribution in [1.82, 2.24) is 10.1 Å². The zero-order valence-electron chi connectivity index (χ0n) is 14.3. The van der Waals surface area contributed by atoms with Gasteiger partial charge in [-0.05, 0) is 30.2 Å². The molecule has 6 heteroatoms. The Bertz CT molecular complexity index is 914. The lowest BCUT2D eigenvalue weighted by molar-refractivity contribution is 0.404. The van der Waals surface area contributed by atoms with Gasteiger partial charge >= 0.3 is 0 Å². The van der Waals surface area contributed by atoms with Gasteiger partial charge in [0.25, 0.3) is 5.89 Å². The molecule has 3 rings (SSSR count). The molecule has 3 aromatic rings. The second kappa shape index (κ2) is 7.53. The van der Waals surface area contributed by atoms with Crippen molar-refractivity contribution >= 4 is 11.3 Å². The maximum atomic E-state index is 5.45. The molecule has 126 valence electrons. The van der Waals surface area contributed by atoms with Crippen LogP contribution in [0, 0.1) is 0 Å². The van der Waals surface area contributed by atoms with Crippen LogP contribution in [0.1, 0.15) is 18.4 Å². The Balaban J connectivity index is 2.07. The zero-order chi connectivity index (χ0) is 17.6. The van der Waals surface area contributed by atoms with Crippen LogP contribution < -0.4 is 4.74 Å². The summed E-state index contributed by atoms with van der Waals surface area (Å²) < 4.78 is 10.8. The van der Waals surface area contributed by atoms with E-state index in [1.165, 1.54) is 0 Å². The lowest BCUT2D eigenvalue weighted by Crippen LogP contribution is -1.90. The summed E-state index contributed by atoms with van der Waals surface area (Å²) in [7, 11) is 3.21. The van der Waals surface area contributed by atoms with Crippen molar-refractivity contribution in [2.75, 3.05) is 14.2 Å². The summed E-state index contributed by atoms with van der Waals surface area (Å²) in [5.74, 6) is 1.43. The fourth-order valence-corrected chi connectivity index (χ4v) is 2.46. The first-order valence-electron chi connectivity index (χ1n) is 7.78. The number of benzene rings is 2. The highest BCUT2D eigenvalue weighted by Crippen LogP contribution is 2.31. The van der Waals surface area contributed by atoms with Crippen molar-refractivity contribution in [2.24, 2.45) is 10.2 Å². The number of allylic oxidation sites excluding steroid dienone is 1. The van der Waals surface area contributed by atoms with E-state index in [0.717, 1.165) is 16.7 Å². The third kappa shape index (κ3) is 3.47. The Hall–Kier alpha value is -3.28. The van der Waals surface area contributed by atoms with Gasteiger partial charge in [-0.25, -0.2) is 0 Å². The predicted octanol–water partition coefficient (Wildman–Crippen LogP) is 4.72. The van der Waals surface area contributed by atoms with E-state index in [9.17, 15) is 0 Å². The van der Waals surface area contributed by atoms with Gasteiger partial charge < -0.3 is 9.26 Å². The summed E-state index contributed by atoms with van der Waals surface area (Å²) in [6.45, 7) is 1.95. The number of hydrogen-bond donors (Lipinski definition) is 0. The molecule has 0 amide bonds. The topological polar surface area (TPSA) is 72.9 Å². The van der Waals surface area contributed by atoms with E-state index in [-0.39, 0.29) is 0 Å². The van der Waals surface area contributed by atoms with Gasteiger partial charge in [-0.3, -0.25) is 0 Å². The van der Waals surface area contributed by atoms with Gasteiger partial charge in [0.05, 0.1) is 12.7 Å². The molecule has 25 heavy (non-hydrogen) atoms. The Morgan fingerprint density at radius 1 is 1.04 bits per heavy atom. The molecule has 1 aromatic heterocycles. The highest BCUT2D eigenvalue weighted by Gasteiger charge is 2.18. The monoisotopic (exact) mass is 334 g/mol. The summed E-state index contributed by atoms with van der Waals surface area (Å²) in [6.07, 6.45) is 0. The van der Waals surface area contributed by atoms with Gasteiger partial charge in [-0.2, -0.15) is 15.2 Å². The first kappa shape index (κ1) is 16.6. The zero-order valence-corrected chi connectivity index (χ0v) is 14.3. The van der Waals surface area contributed by atoms with E-state index in [1.54, 1.807) is 14.2 Å². The molecular formula is C19H18N4O2. The fraction of sp³-hybridized carbons (Fsp3) is 0.158. The van der Waals surface area contributed by atoms with Gasteiger partial charge in [0, 0.05) is 7.05 Å². The summed E-state index contributed by atoms with van der Waals surface area (Å²) in [5.41, 5.74) is 3.22. The summed E-state index contributed by atoms with van der Waals surface area (Å²) in [4.78, 5) is 4.49. The van der Waals surface area contributed by atoms with Crippen molar-refractivity contribution in [3.63, 3.8) is 0 Å². The quantitative estimate of drug-likeness (QED) is 0.633. The first-order valence-corrected chi connectivity index (χ1v) is 7.78. The predicted molar refractivity (Wildman–Crippen MR) is 96.0 cm³/mol. The van der Waals surface area contributed by atoms with Crippen molar-refractivity contribution in [3.8, 4) is 17.1 Å². The van der Waals surface area contributed by atoms with Crippen LogP contribution in [0.5, 0.6) is 5.75 Å². The number of azo groups is 1. The molecule has 0 unspecified atom stereocenters. The Morgan fingerprint density at radius 3 is 2.48 bits per heavy atom. The number of rotatable bonds is 5. The van der Waals surface area contributed by atoms with Crippen molar-refractivity contribution in [2.45, 2.75) is 6.92 Å². The average molecular weight is 334 g/mol. The highest BCUT2D eigenvalue weighted by molar-refractivity contribution is 5.86. The fourth-order valence-electron chi connectivity index (χ4n) is 2.46. The largest absolute Gasteiger partial charge is 0.496 e. The van der Waals surface area contributed by atoms with Gasteiger partial charge in [0.1, 0.15) is 5.75 Å². The number of ether oxygens (including phenoxy) is 1. The van der Waals surface area contributed by atoms with Crippen LogP contribution >= 0.6 is 0 Å². The Labute approximate surface area is 145 Å². The highest BCUT2D eigenvalue weighted by atomic mass is 16.5. The molecular weight excluding hydrogens is 316 g/mol.